The molecule has 2 saturated heterocycles. The number of guanidine groups is 1. The summed E-state index contributed by atoms with van der Waals surface area (Å²) in [7, 11) is 0. The lowest BCUT2D eigenvalue weighted by atomic mass is 10.00. The van der Waals surface area contributed by atoms with Gasteiger partial charge in [0.15, 0.2) is 5.96 Å². The maximum atomic E-state index is 14.2. The van der Waals surface area contributed by atoms with Gasteiger partial charge in [0.1, 0.15) is 36.3 Å². The third kappa shape index (κ3) is 18.6. The van der Waals surface area contributed by atoms with E-state index in [4.69, 9.17) is 22.9 Å². The van der Waals surface area contributed by atoms with Crippen LogP contribution in [-0.2, 0) is 33.6 Å². The van der Waals surface area contributed by atoms with E-state index in [0.29, 0.717) is 76.6 Å². The zero-order chi connectivity index (χ0) is 44.8. The van der Waals surface area contributed by atoms with Gasteiger partial charge >= 0.3 is 0 Å². The van der Waals surface area contributed by atoms with Crippen molar-refractivity contribution >= 4 is 59.1 Å². The maximum absolute atomic E-state index is 14.2. The van der Waals surface area contributed by atoms with Crippen LogP contribution in [0.5, 0.6) is 0 Å². The van der Waals surface area contributed by atoms with Gasteiger partial charge in [0.05, 0.1) is 6.04 Å². The average Bonchev–Trinajstić information content (AvgIpc) is 3.68. The first-order valence-corrected chi connectivity index (χ1v) is 23.0. The minimum absolute atomic E-state index is 0.0117. The summed E-state index contributed by atoms with van der Waals surface area (Å²) in [6, 6.07) is -6.72. The Kier molecular flexibility index (Phi) is 23.9. The first-order valence-electron chi connectivity index (χ1n) is 21.6. The third-order valence-corrected chi connectivity index (χ3v) is 11.1. The summed E-state index contributed by atoms with van der Waals surface area (Å²) >= 11 is 1.47. The molecule has 0 bridgehead atoms. The summed E-state index contributed by atoms with van der Waals surface area (Å²) in [5.74, 6) is -3.01. The van der Waals surface area contributed by atoms with Gasteiger partial charge in [-0.1, -0.05) is 27.7 Å². The average molecular weight is 867 g/mol. The van der Waals surface area contributed by atoms with Crippen molar-refractivity contribution in [1.29, 1.82) is 0 Å². The Morgan fingerprint density at radius 2 is 1.52 bits per heavy atom. The smallest absolute Gasteiger partial charge is 0.245 e. The number of rotatable bonds is 21. The van der Waals surface area contributed by atoms with Gasteiger partial charge in [-0.25, -0.2) is 0 Å². The number of carbonyl (C=O) groups excluding carboxylic acids is 7. The second-order valence-electron chi connectivity index (χ2n) is 16.7. The number of hydrogen-bond donors (Lipinski definition) is 10. The highest BCUT2D eigenvalue weighted by Crippen LogP contribution is 2.22. The highest BCUT2D eigenvalue weighted by atomic mass is 32.2. The van der Waals surface area contributed by atoms with Crippen molar-refractivity contribution in [3.63, 3.8) is 0 Å². The summed E-state index contributed by atoms with van der Waals surface area (Å²) in [6.45, 7) is 8.93. The molecule has 0 aromatic carbocycles. The van der Waals surface area contributed by atoms with Crippen LogP contribution in [0, 0.1) is 11.8 Å². The van der Waals surface area contributed by atoms with Crippen LogP contribution in [0.1, 0.15) is 111 Å². The van der Waals surface area contributed by atoms with Crippen LogP contribution in [-0.4, -0.2) is 133 Å². The molecule has 14 N–H and O–H groups in total. The standard InChI is InChI=1S/C40H74N12O7S/c1-24(2)22-26(42)33(53)47-29(14-10-19-46-40(43)44)35(55)49-30(16-21-60-5)37(57)48-28-13-7-9-18-45-34(54)27(12-6-8-17-41)50-38(58)32-15-11-20-52(32)39(59)31(23-25(3)4)51-36(28)56/h24-32H,6-23,41-42H2,1-5H3,(H,45,54)(H,47,53)(H,48,57)(H,49,55)(H,50,58)(H,51,56)(H4,43,44,46)/t26-,27-,28-,29-,30-,31-,32-/m0/s1. The van der Waals surface area contributed by atoms with Gasteiger partial charge in [-0.05, 0) is 114 Å². The van der Waals surface area contributed by atoms with Gasteiger partial charge in [-0.3, -0.25) is 38.6 Å². The van der Waals surface area contributed by atoms with E-state index in [1.54, 1.807) is 0 Å². The SMILES string of the molecule is CSCC[C@H](NC(=O)[C@H](CCCN=C(N)N)NC(=O)[C@@H](N)CC(C)C)C(=O)N[C@H]1CCCCNC(=O)[C@H](CCCCN)NC(=O)[C@@H]2CCCN2C(=O)[C@H](CC(C)C)NC1=O. The summed E-state index contributed by atoms with van der Waals surface area (Å²) in [5.41, 5.74) is 22.8. The van der Waals surface area contributed by atoms with E-state index < -0.39 is 77.7 Å². The summed E-state index contributed by atoms with van der Waals surface area (Å²) in [5, 5.41) is 17.0. The monoisotopic (exact) mass is 867 g/mol. The summed E-state index contributed by atoms with van der Waals surface area (Å²) in [4.78, 5) is 102. The first-order chi connectivity index (χ1) is 28.5. The Labute approximate surface area is 360 Å². The first kappa shape index (κ1) is 52.0. The molecule has 0 radical (unpaired) electrons. The van der Waals surface area contributed by atoms with Crippen LogP contribution >= 0.6 is 11.8 Å². The second-order valence-corrected chi connectivity index (χ2v) is 17.6. The fraction of sp³-hybridized carbons (Fsp3) is 0.800. The van der Waals surface area contributed by atoms with Crippen molar-refractivity contribution in [1.82, 2.24) is 36.8 Å². The Bertz CT molecular complexity index is 1450. The van der Waals surface area contributed by atoms with Crippen molar-refractivity contribution in [2.75, 3.05) is 38.2 Å². The topological polar surface area (TPSA) is 311 Å². The Morgan fingerprint density at radius 1 is 0.833 bits per heavy atom. The number of fused-ring (bicyclic) bond motifs is 1. The molecule has 0 aliphatic carbocycles. The highest BCUT2D eigenvalue weighted by Gasteiger charge is 2.40. The number of hydrogen-bond acceptors (Lipinski definition) is 11. The van der Waals surface area contributed by atoms with Crippen molar-refractivity contribution in [3.8, 4) is 0 Å². The molecule has 19 nitrogen and oxygen atoms in total. The van der Waals surface area contributed by atoms with Crippen LogP contribution < -0.4 is 54.8 Å². The van der Waals surface area contributed by atoms with Gasteiger partial charge < -0.3 is 59.7 Å². The highest BCUT2D eigenvalue weighted by molar-refractivity contribution is 7.98. The molecule has 0 spiro atoms. The molecule has 2 heterocycles. The van der Waals surface area contributed by atoms with Crippen LogP contribution in [0.25, 0.3) is 0 Å². The molecule has 0 saturated carbocycles. The normalized spacial score (nSPS) is 22.2. The van der Waals surface area contributed by atoms with E-state index in [9.17, 15) is 33.6 Å². The predicted octanol–water partition coefficient (Wildman–Crippen LogP) is -0.943. The molecule has 2 rings (SSSR count). The van der Waals surface area contributed by atoms with E-state index in [1.807, 2.05) is 34.0 Å². The van der Waals surface area contributed by atoms with Crippen molar-refractivity contribution < 1.29 is 33.6 Å². The van der Waals surface area contributed by atoms with Crippen molar-refractivity contribution in [3.05, 3.63) is 0 Å². The van der Waals surface area contributed by atoms with E-state index in [-0.39, 0.29) is 62.5 Å². The van der Waals surface area contributed by atoms with Crippen molar-refractivity contribution in [2.24, 2.45) is 39.8 Å². The van der Waals surface area contributed by atoms with E-state index in [0.717, 1.165) is 0 Å². The fourth-order valence-corrected chi connectivity index (χ4v) is 7.76. The van der Waals surface area contributed by atoms with Gasteiger partial charge in [0.25, 0.3) is 0 Å². The predicted molar refractivity (Wildman–Crippen MR) is 234 cm³/mol. The van der Waals surface area contributed by atoms with Gasteiger partial charge in [-0.2, -0.15) is 11.8 Å². The van der Waals surface area contributed by atoms with E-state index in [1.165, 1.54) is 16.7 Å². The Hall–Kier alpha value is -4.17. The maximum Gasteiger partial charge on any atom is 0.245 e. The van der Waals surface area contributed by atoms with Crippen molar-refractivity contribution in [2.45, 2.75) is 153 Å². The fourth-order valence-electron chi connectivity index (χ4n) is 7.29. The largest absolute Gasteiger partial charge is 0.370 e. The lowest BCUT2D eigenvalue weighted by Crippen LogP contribution is -2.60. The molecular weight excluding hydrogens is 793 g/mol. The quantitative estimate of drug-likeness (QED) is 0.0380. The lowest BCUT2D eigenvalue weighted by molar-refractivity contribution is -0.143. The van der Waals surface area contributed by atoms with Crippen LogP contribution in [0.15, 0.2) is 4.99 Å². The number of nitrogens with two attached hydrogens (primary N) is 4. The van der Waals surface area contributed by atoms with Crippen LogP contribution in [0.3, 0.4) is 0 Å². The summed E-state index contributed by atoms with van der Waals surface area (Å²) < 4.78 is 0. The molecule has 7 atom stereocenters. The molecule has 0 aromatic rings. The minimum Gasteiger partial charge on any atom is -0.370 e. The number of thioether (sulfide) groups is 1. The minimum atomic E-state index is -1.11. The molecule has 2 aliphatic heterocycles. The number of aliphatic imine (C=N–C) groups is 1. The zero-order valence-electron chi connectivity index (χ0n) is 36.4. The Balaban J connectivity index is 2.40. The van der Waals surface area contributed by atoms with E-state index in [2.05, 4.69) is 36.9 Å². The van der Waals surface area contributed by atoms with Gasteiger partial charge in [-0.15, -0.1) is 0 Å². The molecular formula is C40H74N12O7S. The third-order valence-electron chi connectivity index (χ3n) is 10.5. The number of nitrogens with one attached hydrogen (secondary N) is 6. The van der Waals surface area contributed by atoms with E-state index >= 15 is 0 Å². The second kappa shape index (κ2) is 27.6. The van der Waals surface area contributed by atoms with Gasteiger partial charge in [0.2, 0.25) is 41.4 Å². The Morgan fingerprint density at radius 3 is 2.17 bits per heavy atom. The summed E-state index contributed by atoms with van der Waals surface area (Å²) in [6.07, 6.45) is 6.95. The molecule has 20 heteroatoms. The van der Waals surface area contributed by atoms with Gasteiger partial charge in [0, 0.05) is 19.6 Å². The lowest BCUT2D eigenvalue weighted by Gasteiger charge is -2.32. The molecule has 0 aromatic heterocycles. The van der Waals surface area contributed by atoms with Crippen LogP contribution in [0.2, 0.25) is 0 Å². The molecule has 342 valence electrons. The molecule has 2 aliphatic rings. The number of carbonyl (C=O) groups is 7. The number of amides is 7. The zero-order valence-corrected chi connectivity index (χ0v) is 37.2. The number of unbranched alkanes of at least 4 members (excludes halogenated alkanes) is 1. The molecule has 0 unspecified atom stereocenters. The molecule has 60 heavy (non-hydrogen) atoms. The number of nitrogens with zero attached hydrogens (tertiary/aromatic N) is 2. The molecule has 2 fully saturated rings. The molecule has 7 amide bonds. The van der Waals surface area contributed by atoms with Crippen LogP contribution in [0.4, 0.5) is 0 Å².